The van der Waals surface area contributed by atoms with Crippen molar-refractivity contribution in [3.63, 3.8) is 0 Å². The molecule has 0 spiro atoms. The normalized spacial score (nSPS) is 11.1. The standard InChI is InChI=1S/C27H30N2O2/c1-4-29(5-2)24-15-11-22(12-16-24)20-28-27(30)26(23-9-7-6-8-10-23)19-21-13-17-25(31-3)18-14-21/h6-19H,4-5,20H2,1-3H3,(H,28,30)/b26-19+. The van der Waals surface area contributed by atoms with Gasteiger partial charge in [0.05, 0.1) is 7.11 Å². The van der Waals surface area contributed by atoms with Crippen molar-refractivity contribution in [2.24, 2.45) is 0 Å². The zero-order valence-corrected chi connectivity index (χ0v) is 18.5. The second kappa shape index (κ2) is 11.0. The van der Waals surface area contributed by atoms with Gasteiger partial charge >= 0.3 is 0 Å². The SMILES string of the molecule is CCN(CC)c1ccc(CNC(=O)/C(=C/c2ccc(OC)cc2)c2ccccc2)cc1. The number of anilines is 1. The van der Waals surface area contributed by atoms with Gasteiger partial charge in [0.15, 0.2) is 0 Å². The van der Waals surface area contributed by atoms with E-state index in [0.29, 0.717) is 12.1 Å². The molecule has 0 saturated carbocycles. The lowest BCUT2D eigenvalue weighted by molar-refractivity contribution is -0.115. The van der Waals surface area contributed by atoms with E-state index >= 15 is 0 Å². The molecule has 0 heterocycles. The Balaban J connectivity index is 1.76. The number of hydrogen-bond acceptors (Lipinski definition) is 3. The lowest BCUT2D eigenvalue weighted by atomic mass is 10.0. The Kier molecular flexibility index (Phi) is 7.88. The van der Waals surface area contributed by atoms with Crippen LogP contribution in [0.25, 0.3) is 11.6 Å². The van der Waals surface area contributed by atoms with Crippen LogP contribution in [0.1, 0.15) is 30.5 Å². The van der Waals surface area contributed by atoms with Gasteiger partial charge in [0.1, 0.15) is 5.75 Å². The summed E-state index contributed by atoms with van der Waals surface area (Å²) in [6.07, 6.45) is 1.91. The summed E-state index contributed by atoms with van der Waals surface area (Å²) in [5.74, 6) is 0.686. The Morgan fingerprint density at radius 1 is 0.903 bits per heavy atom. The molecule has 3 aromatic rings. The lowest BCUT2D eigenvalue weighted by Crippen LogP contribution is -2.24. The lowest BCUT2D eigenvalue weighted by Gasteiger charge is -2.21. The number of methoxy groups -OCH3 is 1. The molecule has 4 nitrogen and oxygen atoms in total. The number of carbonyl (C=O) groups is 1. The van der Waals surface area contributed by atoms with Crippen molar-refractivity contribution in [1.29, 1.82) is 0 Å². The van der Waals surface area contributed by atoms with Crippen molar-refractivity contribution < 1.29 is 9.53 Å². The van der Waals surface area contributed by atoms with Crippen molar-refractivity contribution in [2.45, 2.75) is 20.4 Å². The first-order chi connectivity index (χ1) is 15.1. The fourth-order valence-electron chi connectivity index (χ4n) is 3.46. The van der Waals surface area contributed by atoms with E-state index in [1.807, 2.05) is 60.7 Å². The molecule has 0 aliphatic rings. The average Bonchev–Trinajstić information content (AvgIpc) is 2.83. The minimum absolute atomic E-state index is 0.102. The van der Waals surface area contributed by atoms with Gasteiger partial charge < -0.3 is 15.0 Å². The van der Waals surface area contributed by atoms with Gasteiger partial charge in [0.2, 0.25) is 0 Å². The van der Waals surface area contributed by atoms with Crippen LogP contribution in [0.4, 0.5) is 5.69 Å². The number of carbonyl (C=O) groups excluding carboxylic acids is 1. The van der Waals surface area contributed by atoms with Gasteiger partial charge in [-0.05, 0) is 60.9 Å². The van der Waals surface area contributed by atoms with Crippen molar-refractivity contribution in [3.8, 4) is 5.75 Å². The summed E-state index contributed by atoms with van der Waals surface area (Å²) in [6, 6.07) is 25.8. The fraction of sp³-hybridized carbons (Fsp3) is 0.222. The number of nitrogens with zero attached hydrogens (tertiary/aromatic N) is 1. The molecule has 160 valence electrons. The van der Waals surface area contributed by atoms with E-state index < -0.39 is 0 Å². The van der Waals surface area contributed by atoms with E-state index in [0.717, 1.165) is 35.5 Å². The van der Waals surface area contributed by atoms with Gasteiger partial charge in [0, 0.05) is 30.9 Å². The molecule has 0 unspecified atom stereocenters. The Morgan fingerprint density at radius 3 is 2.13 bits per heavy atom. The van der Waals surface area contributed by atoms with Crippen LogP contribution >= 0.6 is 0 Å². The summed E-state index contributed by atoms with van der Waals surface area (Å²) in [7, 11) is 1.64. The molecule has 0 aliphatic carbocycles. The molecule has 1 amide bonds. The largest absolute Gasteiger partial charge is 0.497 e. The third-order valence-corrected chi connectivity index (χ3v) is 5.27. The zero-order valence-electron chi connectivity index (χ0n) is 18.5. The van der Waals surface area contributed by atoms with Gasteiger partial charge in [-0.25, -0.2) is 0 Å². The van der Waals surface area contributed by atoms with Crippen LogP contribution < -0.4 is 15.0 Å². The zero-order chi connectivity index (χ0) is 22.1. The van der Waals surface area contributed by atoms with Crippen molar-refractivity contribution in [2.75, 3.05) is 25.1 Å². The van der Waals surface area contributed by atoms with Crippen LogP contribution in [0.5, 0.6) is 5.75 Å². The highest BCUT2D eigenvalue weighted by molar-refractivity contribution is 6.24. The summed E-state index contributed by atoms with van der Waals surface area (Å²) in [6.45, 7) is 6.73. The molecular weight excluding hydrogens is 384 g/mol. The van der Waals surface area contributed by atoms with Crippen LogP contribution in [0.15, 0.2) is 78.9 Å². The minimum atomic E-state index is -0.102. The van der Waals surface area contributed by atoms with Gasteiger partial charge in [-0.2, -0.15) is 0 Å². The van der Waals surface area contributed by atoms with Gasteiger partial charge in [-0.1, -0.05) is 54.6 Å². The smallest absolute Gasteiger partial charge is 0.252 e. The maximum Gasteiger partial charge on any atom is 0.252 e. The van der Waals surface area contributed by atoms with Crippen molar-refractivity contribution in [1.82, 2.24) is 5.32 Å². The monoisotopic (exact) mass is 414 g/mol. The maximum absolute atomic E-state index is 13.1. The third kappa shape index (κ3) is 5.98. The molecule has 1 N–H and O–H groups in total. The second-order valence-electron chi connectivity index (χ2n) is 7.22. The molecule has 0 bridgehead atoms. The first-order valence-electron chi connectivity index (χ1n) is 10.7. The predicted octanol–water partition coefficient (Wildman–Crippen LogP) is 5.40. The van der Waals surface area contributed by atoms with Crippen molar-refractivity contribution in [3.05, 3.63) is 95.6 Å². The van der Waals surface area contributed by atoms with E-state index in [-0.39, 0.29) is 5.91 Å². The highest BCUT2D eigenvalue weighted by atomic mass is 16.5. The highest BCUT2D eigenvalue weighted by Crippen LogP contribution is 2.21. The summed E-state index contributed by atoms with van der Waals surface area (Å²) in [5.41, 5.74) is 4.72. The molecule has 3 aromatic carbocycles. The number of nitrogens with one attached hydrogen (secondary N) is 1. The molecular formula is C27H30N2O2. The van der Waals surface area contributed by atoms with Crippen LogP contribution in [0.3, 0.4) is 0 Å². The summed E-state index contributed by atoms with van der Waals surface area (Å²) in [5, 5.41) is 3.07. The van der Waals surface area contributed by atoms with Crippen LogP contribution in [0, 0.1) is 0 Å². The topological polar surface area (TPSA) is 41.6 Å². The third-order valence-electron chi connectivity index (χ3n) is 5.27. The first kappa shape index (κ1) is 22.2. The molecule has 0 atom stereocenters. The van der Waals surface area contributed by atoms with E-state index in [4.69, 9.17) is 4.74 Å². The second-order valence-corrected chi connectivity index (χ2v) is 7.22. The minimum Gasteiger partial charge on any atom is -0.497 e. The molecule has 0 saturated heterocycles. The number of rotatable bonds is 9. The Hall–Kier alpha value is -3.53. The quantitative estimate of drug-likeness (QED) is 0.377. The van der Waals surface area contributed by atoms with Gasteiger partial charge in [-0.15, -0.1) is 0 Å². The number of hydrogen-bond donors (Lipinski definition) is 1. The summed E-state index contributed by atoms with van der Waals surface area (Å²) < 4.78 is 5.23. The van der Waals surface area contributed by atoms with Crippen molar-refractivity contribution >= 4 is 23.2 Å². The van der Waals surface area contributed by atoms with E-state index in [1.165, 1.54) is 5.69 Å². The molecule has 0 aliphatic heterocycles. The number of benzene rings is 3. The number of ether oxygens (including phenoxy) is 1. The van der Waals surface area contributed by atoms with E-state index in [9.17, 15) is 4.79 Å². The van der Waals surface area contributed by atoms with E-state index in [2.05, 4.69) is 48.3 Å². The van der Waals surface area contributed by atoms with Crippen LogP contribution in [-0.4, -0.2) is 26.1 Å². The number of amides is 1. The maximum atomic E-state index is 13.1. The molecule has 0 aromatic heterocycles. The average molecular weight is 415 g/mol. The summed E-state index contributed by atoms with van der Waals surface area (Å²) >= 11 is 0. The first-order valence-corrected chi connectivity index (χ1v) is 10.7. The Bertz CT molecular complexity index is 990. The van der Waals surface area contributed by atoms with Crippen LogP contribution in [0.2, 0.25) is 0 Å². The molecule has 0 fully saturated rings. The van der Waals surface area contributed by atoms with Gasteiger partial charge in [-0.3, -0.25) is 4.79 Å². The Morgan fingerprint density at radius 2 is 1.55 bits per heavy atom. The predicted molar refractivity (Wildman–Crippen MR) is 129 cm³/mol. The highest BCUT2D eigenvalue weighted by Gasteiger charge is 2.12. The van der Waals surface area contributed by atoms with E-state index in [1.54, 1.807) is 7.11 Å². The summed E-state index contributed by atoms with van der Waals surface area (Å²) in [4.78, 5) is 15.4. The fourth-order valence-corrected chi connectivity index (χ4v) is 3.46. The van der Waals surface area contributed by atoms with Gasteiger partial charge in [0.25, 0.3) is 5.91 Å². The Labute approximate surface area is 185 Å². The molecule has 4 heteroatoms. The molecule has 0 radical (unpaired) electrons. The van der Waals surface area contributed by atoms with Crippen LogP contribution in [-0.2, 0) is 11.3 Å². The molecule has 3 rings (SSSR count). The molecule has 31 heavy (non-hydrogen) atoms.